The van der Waals surface area contributed by atoms with Gasteiger partial charge in [-0.2, -0.15) is 0 Å². The van der Waals surface area contributed by atoms with Gasteiger partial charge in [0.15, 0.2) is 0 Å². The highest BCUT2D eigenvalue weighted by molar-refractivity contribution is 5.78. The van der Waals surface area contributed by atoms with Gasteiger partial charge in [0.1, 0.15) is 0 Å². The van der Waals surface area contributed by atoms with E-state index in [1.165, 1.54) is 12.8 Å². The first-order chi connectivity index (χ1) is 7.54. The van der Waals surface area contributed by atoms with E-state index in [1.54, 1.807) is 0 Å². The fourth-order valence-electron chi connectivity index (χ4n) is 2.20. The molecule has 0 bridgehead atoms. The van der Waals surface area contributed by atoms with E-state index in [2.05, 4.69) is 11.9 Å². The van der Waals surface area contributed by atoms with Gasteiger partial charge in [0.2, 0.25) is 5.91 Å². The predicted molar refractivity (Wildman–Crippen MR) is 66.1 cm³/mol. The van der Waals surface area contributed by atoms with Crippen LogP contribution < -0.4 is 5.73 Å². The van der Waals surface area contributed by atoms with Crippen molar-refractivity contribution in [3.63, 3.8) is 0 Å². The van der Waals surface area contributed by atoms with Crippen molar-refractivity contribution in [1.82, 2.24) is 9.80 Å². The quantitative estimate of drug-likeness (QED) is 0.755. The van der Waals surface area contributed by atoms with E-state index >= 15 is 0 Å². The molecule has 0 radical (unpaired) electrons. The molecular weight excluding hydrogens is 202 g/mol. The molecule has 1 aliphatic heterocycles. The Morgan fingerprint density at radius 3 is 2.56 bits per heavy atom. The van der Waals surface area contributed by atoms with Gasteiger partial charge in [-0.15, -0.1) is 0 Å². The van der Waals surface area contributed by atoms with Crippen molar-refractivity contribution in [2.75, 3.05) is 40.3 Å². The molecule has 1 fully saturated rings. The van der Waals surface area contributed by atoms with E-state index < -0.39 is 0 Å². The van der Waals surface area contributed by atoms with Crippen molar-refractivity contribution < 1.29 is 4.79 Å². The summed E-state index contributed by atoms with van der Waals surface area (Å²) in [4.78, 5) is 16.1. The van der Waals surface area contributed by atoms with Gasteiger partial charge in [-0.3, -0.25) is 4.79 Å². The van der Waals surface area contributed by atoms with Crippen LogP contribution in [0.5, 0.6) is 0 Å². The fraction of sp³-hybridized carbons (Fsp3) is 0.917. The number of carbonyl (C=O) groups is 1. The maximum atomic E-state index is 11.8. The molecule has 1 rings (SSSR count). The van der Waals surface area contributed by atoms with Gasteiger partial charge >= 0.3 is 0 Å². The molecule has 0 aliphatic carbocycles. The summed E-state index contributed by atoms with van der Waals surface area (Å²) in [5.74, 6) is 0.799. The van der Waals surface area contributed by atoms with E-state index in [9.17, 15) is 4.79 Å². The molecule has 1 saturated heterocycles. The second-order valence-electron chi connectivity index (χ2n) is 5.10. The minimum absolute atomic E-state index is 0.0451. The molecule has 1 amide bonds. The first-order valence-corrected chi connectivity index (χ1v) is 6.18. The Morgan fingerprint density at radius 1 is 1.50 bits per heavy atom. The van der Waals surface area contributed by atoms with E-state index in [-0.39, 0.29) is 11.8 Å². The van der Waals surface area contributed by atoms with Crippen molar-refractivity contribution in [1.29, 1.82) is 0 Å². The van der Waals surface area contributed by atoms with Crippen molar-refractivity contribution in [2.24, 2.45) is 17.6 Å². The summed E-state index contributed by atoms with van der Waals surface area (Å²) in [5.41, 5.74) is 5.51. The number of hydrogen-bond donors (Lipinski definition) is 1. The fourth-order valence-corrected chi connectivity index (χ4v) is 2.20. The Balaban J connectivity index is 2.33. The van der Waals surface area contributed by atoms with Crippen LogP contribution in [0.4, 0.5) is 0 Å². The summed E-state index contributed by atoms with van der Waals surface area (Å²) in [6.45, 7) is 5.53. The lowest BCUT2D eigenvalue weighted by molar-refractivity contribution is -0.134. The lowest BCUT2D eigenvalue weighted by Crippen LogP contribution is -2.41. The Morgan fingerprint density at radius 2 is 2.06 bits per heavy atom. The minimum atomic E-state index is -0.0451. The molecule has 1 atom stereocenters. The Bertz CT molecular complexity index is 224. The lowest BCUT2D eigenvalue weighted by Gasteiger charge is -2.32. The zero-order valence-corrected chi connectivity index (χ0v) is 10.8. The number of likely N-dealkylation sites (tertiary alicyclic amines) is 1. The van der Waals surface area contributed by atoms with Gasteiger partial charge < -0.3 is 15.5 Å². The van der Waals surface area contributed by atoms with E-state index in [4.69, 9.17) is 5.73 Å². The molecule has 0 aromatic carbocycles. The molecule has 0 saturated carbocycles. The first-order valence-electron chi connectivity index (χ1n) is 6.18. The molecule has 94 valence electrons. The molecule has 4 nitrogen and oxygen atoms in total. The molecule has 2 N–H and O–H groups in total. The lowest BCUT2D eigenvalue weighted by atomic mass is 9.96. The molecule has 0 spiro atoms. The van der Waals surface area contributed by atoms with Crippen molar-refractivity contribution in [3.05, 3.63) is 0 Å². The van der Waals surface area contributed by atoms with Gasteiger partial charge in [-0.05, 0) is 38.9 Å². The van der Waals surface area contributed by atoms with E-state index in [0.29, 0.717) is 12.5 Å². The number of nitrogens with two attached hydrogens (primary N) is 1. The van der Waals surface area contributed by atoms with Gasteiger partial charge in [0.05, 0.1) is 0 Å². The number of carbonyl (C=O) groups excluding carboxylic acids is 1. The second-order valence-corrected chi connectivity index (χ2v) is 5.10. The average Bonchev–Trinajstić information content (AvgIpc) is 2.30. The Hall–Kier alpha value is -0.610. The van der Waals surface area contributed by atoms with Crippen molar-refractivity contribution in [3.8, 4) is 0 Å². The first kappa shape index (κ1) is 13.5. The topological polar surface area (TPSA) is 49.6 Å². The van der Waals surface area contributed by atoms with Gasteiger partial charge in [0.25, 0.3) is 0 Å². The SMILES string of the molecule is CC(CN)C(=O)N(C)CC1CCN(C)CC1. The van der Waals surface area contributed by atoms with Crippen LogP contribution in [0.15, 0.2) is 0 Å². The van der Waals surface area contributed by atoms with Gasteiger partial charge in [-0.1, -0.05) is 6.92 Å². The largest absolute Gasteiger partial charge is 0.345 e. The van der Waals surface area contributed by atoms with E-state index in [1.807, 2.05) is 18.9 Å². The predicted octanol–water partition coefficient (Wildman–Crippen LogP) is 0.381. The average molecular weight is 227 g/mol. The third kappa shape index (κ3) is 3.76. The summed E-state index contributed by atoms with van der Waals surface area (Å²) in [6.07, 6.45) is 2.40. The number of amides is 1. The highest BCUT2D eigenvalue weighted by Crippen LogP contribution is 2.17. The summed E-state index contributed by atoms with van der Waals surface area (Å²) in [5, 5.41) is 0. The third-order valence-corrected chi connectivity index (χ3v) is 3.52. The van der Waals surface area contributed by atoms with Crippen molar-refractivity contribution in [2.45, 2.75) is 19.8 Å². The molecule has 0 aromatic rings. The molecule has 1 aliphatic rings. The monoisotopic (exact) mass is 227 g/mol. The molecule has 1 heterocycles. The molecule has 4 heteroatoms. The summed E-state index contributed by atoms with van der Waals surface area (Å²) < 4.78 is 0. The van der Waals surface area contributed by atoms with Crippen LogP contribution in [0, 0.1) is 11.8 Å². The number of piperidine rings is 1. The number of nitrogens with zero attached hydrogens (tertiary/aromatic N) is 2. The van der Waals surface area contributed by atoms with Crippen LogP contribution in [-0.4, -0.2) is 56.0 Å². The summed E-state index contributed by atoms with van der Waals surface area (Å²) >= 11 is 0. The zero-order valence-electron chi connectivity index (χ0n) is 10.8. The molecule has 16 heavy (non-hydrogen) atoms. The van der Waals surface area contributed by atoms with E-state index in [0.717, 1.165) is 19.6 Å². The van der Waals surface area contributed by atoms with Crippen molar-refractivity contribution >= 4 is 5.91 Å². The summed E-state index contributed by atoms with van der Waals surface area (Å²) in [6, 6.07) is 0. The second kappa shape index (κ2) is 6.21. The maximum Gasteiger partial charge on any atom is 0.226 e. The van der Waals surface area contributed by atoms with Gasteiger partial charge in [-0.25, -0.2) is 0 Å². The van der Waals surface area contributed by atoms with Crippen LogP contribution in [0.25, 0.3) is 0 Å². The normalized spacial score (nSPS) is 20.8. The highest BCUT2D eigenvalue weighted by atomic mass is 16.2. The third-order valence-electron chi connectivity index (χ3n) is 3.52. The number of rotatable bonds is 4. The smallest absolute Gasteiger partial charge is 0.226 e. The van der Waals surface area contributed by atoms with Gasteiger partial charge in [0, 0.05) is 26.1 Å². The van der Waals surface area contributed by atoms with Crippen LogP contribution in [-0.2, 0) is 4.79 Å². The molecule has 1 unspecified atom stereocenters. The van der Waals surface area contributed by atoms with Crippen LogP contribution in [0.3, 0.4) is 0 Å². The Labute approximate surface area is 98.8 Å². The standard InChI is InChI=1S/C12H25N3O/c1-10(8-13)12(16)15(3)9-11-4-6-14(2)7-5-11/h10-11H,4-9,13H2,1-3H3. The number of hydrogen-bond acceptors (Lipinski definition) is 3. The molecular formula is C12H25N3O. The minimum Gasteiger partial charge on any atom is -0.345 e. The van der Waals surface area contributed by atoms with Crippen LogP contribution in [0.2, 0.25) is 0 Å². The maximum absolute atomic E-state index is 11.8. The van der Waals surface area contributed by atoms with Crippen LogP contribution in [0.1, 0.15) is 19.8 Å². The van der Waals surface area contributed by atoms with Crippen LogP contribution >= 0.6 is 0 Å². The zero-order chi connectivity index (χ0) is 12.1. The Kier molecular flexibility index (Phi) is 5.22. The molecule has 0 aromatic heterocycles. The highest BCUT2D eigenvalue weighted by Gasteiger charge is 2.22. The summed E-state index contributed by atoms with van der Waals surface area (Å²) in [7, 11) is 4.05.